The number of aliphatic carboxylic acids is 1. The molecule has 1 aromatic rings. The lowest BCUT2D eigenvalue weighted by Crippen LogP contribution is -2.37. The maximum absolute atomic E-state index is 13.0. The molecule has 1 amide bonds. The van der Waals surface area contributed by atoms with Crippen LogP contribution in [-0.4, -0.2) is 30.6 Å². The second kappa shape index (κ2) is 8.06. The van der Waals surface area contributed by atoms with Crippen molar-refractivity contribution in [3.63, 3.8) is 0 Å². The van der Waals surface area contributed by atoms with Crippen LogP contribution < -0.4 is 5.32 Å². The Hall–Kier alpha value is -1.95. The van der Waals surface area contributed by atoms with Crippen LogP contribution in [0.3, 0.4) is 0 Å². The summed E-state index contributed by atoms with van der Waals surface area (Å²) in [4.78, 5) is 23.3. The average molecular weight is 323 g/mol. The van der Waals surface area contributed by atoms with E-state index in [0.29, 0.717) is 19.3 Å². The molecule has 0 bridgehead atoms. The number of halogens is 1. The van der Waals surface area contributed by atoms with Gasteiger partial charge in [0.15, 0.2) is 0 Å². The van der Waals surface area contributed by atoms with E-state index in [1.807, 2.05) is 0 Å². The lowest BCUT2D eigenvalue weighted by molar-refractivity contribution is -0.144. The maximum Gasteiger partial charge on any atom is 0.306 e. The number of carbonyl (C=O) groups excluding carboxylic acids is 1. The van der Waals surface area contributed by atoms with Crippen LogP contribution in [-0.2, 0) is 14.3 Å². The average Bonchev–Trinajstić information content (AvgIpc) is 2.56. The second-order valence-electron chi connectivity index (χ2n) is 5.92. The van der Waals surface area contributed by atoms with E-state index in [-0.39, 0.29) is 30.3 Å². The van der Waals surface area contributed by atoms with Crippen molar-refractivity contribution in [2.45, 2.75) is 31.8 Å². The Kier molecular flexibility index (Phi) is 6.10. The second-order valence-corrected chi connectivity index (χ2v) is 5.92. The molecule has 1 aliphatic carbocycles. The monoisotopic (exact) mass is 323 g/mol. The van der Waals surface area contributed by atoms with Crippen molar-refractivity contribution in [2.24, 2.45) is 11.8 Å². The summed E-state index contributed by atoms with van der Waals surface area (Å²) >= 11 is 0. The third-order valence-corrected chi connectivity index (χ3v) is 4.38. The van der Waals surface area contributed by atoms with Gasteiger partial charge in [0.2, 0.25) is 5.91 Å². The van der Waals surface area contributed by atoms with E-state index in [1.54, 1.807) is 12.1 Å². The highest BCUT2D eigenvalue weighted by Gasteiger charge is 2.31. The van der Waals surface area contributed by atoms with E-state index in [4.69, 9.17) is 9.84 Å². The van der Waals surface area contributed by atoms with Crippen LogP contribution in [0.1, 0.15) is 37.4 Å². The molecule has 0 saturated heterocycles. The van der Waals surface area contributed by atoms with Crippen molar-refractivity contribution in [1.29, 1.82) is 0 Å². The molecule has 0 spiro atoms. The number of methoxy groups -OCH3 is 1. The number of carboxylic acid groups (broad SMARTS) is 1. The van der Waals surface area contributed by atoms with Crippen LogP contribution in [0.15, 0.2) is 24.3 Å². The van der Waals surface area contributed by atoms with Gasteiger partial charge < -0.3 is 15.2 Å². The van der Waals surface area contributed by atoms with Crippen molar-refractivity contribution >= 4 is 11.9 Å². The first kappa shape index (κ1) is 17.4. The first-order valence-corrected chi connectivity index (χ1v) is 7.80. The van der Waals surface area contributed by atoms with Crippen LogP contribution in [0.4, 0.5) is 4.39 Å². The first-order valence-electron chi connectivity index (χ1n) is 7.80. The van der Waals surface area contributed by atoms with E-state index < -0.39 is 11.9 Å². The third-order valence-electron chi connectivity index (χ3n) is 4.38. The molecule has 126 valence electrons. The van der Waals surface area contributed by atoms with Crippen molar-refractivity contribution in [3.8, 4) is 0 Å². The lowest BCUT2D eigenvalue weighted by atomic mass is 9.81. The Bertz CT molecular complexity index is 546. The summed E-state index contributed by atoms with van der Waals surface area (Å²) in [7, 11) is 1.53. The summed E-state index contributed by atoms with van der Waals surface area (Å²) in [6, 6.07) is 5.94. The predicted octanol–water partition coefficient (Wildman–Crippen LogP) is 2.52. The number of nitrogens with one attached hydrogen (secondary N) is 1. The Labute approximate surface area is 134 Å². The van der Waals surface area contributed by atoms with Gasteiger partial charge in [-0.15, -0.1) is 0 Å². The minimum atomic E-state index is -0.830. The van der Waals surface area contributed by atoms with Crippen molar-refractivity contribution < 1.29 is 23.8 Å². The normalized spacial score (nSPS) is 22.3. The summed E-state index contributed by atoms with van der Waals surface area (Å²) in [5.41, 5.74) is 0.779. The molecule has 0 aliphatic heterocycles. The summed E-state index contributed by atoms with van der Waals surface area (Å²) < 4.78 is 18.3. The van der Waals surface area contributed by atoms with E-state index in [9.17, 15) is 14.0 Å². The summed E-state index contributed by atoms with van der Waals surface area (Å²) in [6.07, 6.45) is 2.12. The zero-order valence-electron chi connectivity index (χ0n) is 13.1. The fraction of sp³-hybridized carbons (Fsp3) is 0.529. The number of amides is 1. The highest BCUT2D eigenvalue weighted by molar-refractivity contribution is 5.80. The molecule has 3 atom stereocenters. The van der Waals surface area contributed by atoms with E-state index in [1.165, 1.54) is 19.2 Å². The summed E-state index contributed by atoms with van der Waals surface area (Å²) in [5.74, 6) is -2.00. The molecule has 6 heteroatoms. The molecule has 2 N–H and O–H groups in total. The highest BCUT2D eigenvalue weighted by Crippen LogP contribution is 2.29. The van der Waals surface area contributed by atoms with E-state index >= 15 is 0 Å². The number of carboxylic acids is 1. The van der Waals surface area contributed by atoms with Crippen molar-refractivity contribution in [1.82, 2.24) is 5.32 Å². The number of ether oxygens (including phenoxy) is 1. The predicted molar refractivity (Wildman–Crippen MR) is 82.2 cm³/mol. The molecular weight excluding hydrogens is 301 g/mol. The minimum absolute atomic E-state index is 0.139. The van der Waals surface area contributed by atoms with Gasteiger partial charge >= 0.3 is 5.97 Å². The smallest absolute Gasteiger partial charge is 0.306 e. The fourth-order valence-electron chi connectivity index (χ4n) is 3.00. The number of carbonyl (C=O) groups is 2. The molecular formula is C17H22FNO4. The van der Waals surface area contributed by atoms with Crippen LogP contribution in [0.2, 0.25) is 0 Å². The zero-order chi connectivity index (χ0) is 16.8. The number of benzene rings is 1. The van der Waals surface area contributed by atoms with Crippen molar-refractivity contribution in [2.75, 3.05) is 13.7 Å². The highest BCUT2D eigenvalue weighted by atomic mass is 19.1. The van der Waals surface area contributed by atoms with Gasteiger partial charge in [0.05, 0.1) is 12.0 Å². The molecule has 2 rings (SSSR count). The molecule has 0 radical (unpaired) electrons. The molecule has 1 saturated carbocycles. The maximum atomic E-state index is 13.0. The Balaban J connectivity index is 1.89. The van der Waals surface area contributed by atoms with Crippen LogP contribution in [0.25, 0.3) is 0 Å². The molecule has 5 nitrogen and oxygen atoms in total. The minimum Gasteiger partial charge on any atom is -0.481 e. The van der Waals surface area contributed by atoms with Crippen molar-refractivity contribution in [3.05, 3.63) is 35.6 Å². The third kappa shape index (κ3) is 4.76. The standard InChI is InChI=1S/C17H22FNO4/c1-23-15(11-5-7-14(18)8-6-11)10-19-16(20)12-3-2-4-13(9-12)17(21)22/h5-8,12-13,15H,2-4,9-10H2,1H3,(H,19,20)(H,21,22). The van der Waals surface area contributed by atoms with Gasteiger partial charge in [-0.25, -0.2) is 4.39 Å². The van der Waals surface area contributed by atoms with Gasteiger partial charge in [-0.05, 0) is 37.0 Å². The molecule has 1 fully saturated rings. The zero-order valence-corrected chi connectivity index (χ0v) is 13.1. The van der Waals surface area contributed by atoms with E-state index in [0.717, 1.165) is 12.0 Å². The van der Waals surface area contributed by atoms with Gasteiger partial charge in [0, 0.05) is 19.6 Å². The van der Waals surface area contributed by atoms with Gasteiger partial charge in [-0.2, -0.15) is 0 Å². The molecule has 0 heterocycles. The summed E-state index contributed by atoms with van der Waals surface area (Å²) in [6.45, 7) is 0.273. The molecule has 1 aliphatic rings. The number of hydrogen-bond donors (Lipinski definition) is 2. The Morgan fingerprint density at radius 2 is 1.96 bits per heavy atom. The van der Waals surface area contributed by atoms with Crippen LogP contribution in [0, 0.1) is 17.7 Å². The van der Waals surface area contributed by atoms with Gasteiger partial charge in [-0.1, -0.05) is 18.6 Å². The lowest BCUT2D eigenvalue weighted by Gasteiger charge is -2.26. The van der Waals surface area contributed by atoms with Gasteiger partial charge in [0.1, 0.15) is 5.82 Å². The molecule has 3 unspecified atom stereocenters. The molecule has 1 aromatic carbocycles. The molecule has 23 heavy (non-hydrogen) atoms. The largest absolute Gasteiger partial charge is 0.481 e. The topological polar surface area (TPSA) is 75.6 Å². The number of hydrogen-bond acceptors (Lipinski definition) is 3. The van der Waals surface area contributed by atoms with E-state index in [2.05, 4.69) is 5.32 Å². The molecule has 0 aromatic heterocycles. The van der Waals surface area contributed by atoms with Crippen LogP contribution in [0.5, 0.6) is 0 Å². The quantitative estimate of drug-likeness (QED) is 0.843. The van der Waals surface area contributed by atoms with Gasteiger partial charge in [0.25, 0.3) is 0 Å². The first-order chi connectivity index (χ1) is 11.0. The Morgan fingerprint density at radius 3 is 2.57 bits per heavy atom. The fourth-order valence-corrected chi connectivity index (χ4v) is 3.00. The van der Waals surface area contributed by atoms with Gasteiger partial charge in [-0.3, -0.25) is 9.59 Å². The SMILES string of the molecule is COC(CNC(=O)C1CCCC(C(=O)O)C1)c1ccc(F)cc1. The number of rotatable bonds is 6. The Morgan fingerprint density at radius 1 is 1.30 bits per heavy atom. The van der Waals surface area contributed by atoms with Crippen LogP contribution >= 0.6 is 0 Å². The summed E-state index contributed by atoms with van der Waals surface area (Å²) in [5, 5.41) is 11.9.